The van der Waals surface area contributed by atoms with E-state index < -0.39 is 6.23 Å². The highest BCUT2D eigenvalue weighted by molar-refractivity contribution is 6.42. The standard InChI is InChI=1S/C14H9Cl2NO2/c15-10-6-5-8(7-11(10)16)14-17-13(18)9-3-1-2-4-12(9)19-14/h1-7,14H,(H,17,18)/t14-/m0/s1. The number of rotatable bonds is 1. The zero-order valence-electron chi connectivity index (χ0n) is 9.69. The zero-order chi connectivity index (χ0) is 13.4. The molecular weight excluding hydrogens is 285 g/mol. The molecule has 1 aliphatic rings. The van der Waals surface area contributed by atoms with E-state index in [1.807, 2.05) is 6.07 Å². The van der Waals surface area contributed by atoms with Crippen LogP contribution >= 0.6 is 23.2 Å². The summed E-state index contributed by atoms with van der Waals surface area (Å²) >= 11 is 11.8. The summed E-state index contributed by atoms with van der Waals surface area (Å²) in [5, 5.41) is 3.67. The van der Waals surface area contributed by atoms with Crippen molar-refractivity contribution in [3.63, 3.8) is 0 Å². The number of amides is 1. The molecule has 0 spiro atoms. The van der Waals surface area contributed by atoms with Gasteiger partial charge in [0.15, 0.2) is 6.23 Å². The predicted octanol–water partition coefficient (Wildman–Crippen LogP) is 3.81. The van der Waals surface area contributed by atoms with Gasteiger partial charge in [0.05, 0.1) is 15.6 Å². The van der Waals surface area contributed by atoms with Crippen molar-refractivity contribution in [2.45, 2.75) is 6.23 Å². The fraction of sp³-hybridized carbons (Fsp3) is 0.0714. The number of para-hydroxylation sites is 1. The fourth-order valence-corrected chi connectivity index (χ4v) is 2.24. The third-order valence-corrected chi connectivity index (χ3v) is 3.62. The number of fused-ring (bicyclic) bond motifs is 1. The lowest BCUT2D eigenvalue weighted by molar-refractivity contribution is 0.0756. The number of hydrogen-bond acceptors (Lipinski definition) is 2. The van der Waals surface area contributed by atoms with Gasteiger partial charge in [-0.05, 0) is 24.3 Å². The van der Waals surface area contributed by atoms with E-state index in [1.165, 1.54) is 0 Å². The van der Waals surface area contributed by atoms with Gasteiger partial charge in [-0.3, -0.25) is 4.79 Å². The van der Waals surface area contributed by atoms with Crippen LogP contribution in [0.4, 0.5) is 0 Å². The lowest BCUT2D eigenvalue weighted by Gasteiger charge is -2.27. The van der Waals surface area contributed by atoms with Crippen molar-refractivity contribution in [3.05, 3.63) is 63.6 Å². The molecule has 0 aromatic heterocycles. The van der Waals surface area contributed by atoms with Crippen LogP contribution in [0.2, 0.25) is 10.0 Å². The van der Waals surface area contributed by atoms with Gasteiger partial charge in [0.2, 0.25) is 0 Å². The number of halogens is 2. The molecule has 3 rings (SSSR count). The van der Waals surface area contributed by atoms with E-state index in [9.17, 15) is 4.79 Å². The predicted molar refractivity (Wildman–Crippen MR) is 73.7 cm³/mol. The smallest absolute Gasteiger partial charge is 0.258 e. The molecule has 0 unspecified atom stereocenters. The average Bonchev–Trinajstić information content (AvgIpc) is 2.42. The molecule has 3 nitrogen and oxygen atoms in total. The summed E-state index contributed by atoms with van der Waals surface area (Å²) in [7, 11) is 0. The molecule has 1 heterocycles. The summed E-state index contributed by atoms with van der Waals surface area (Å²) < 4.78 is 5.75. The topological polar surface area (TPSA) is 38.3 Å². The van der Waals surface area contributed by atoms with Gasteiger partial charge in [0.1, 0.15) is 5.75 Å². The van der Waals surface area contributed by atoms with Crippen LogP contribution < -0.4 is 10.1 Å². The molecule has 0 saturated heterocycles. The first-order valence-electron chi connectivity index (χ1n) is 5.66. The van der Waals surface area contributed by atoms with E-state index in [0.717, 1.165) is 5.56 Å². The van der Waals surface area contributed by atoms with Crippen LogP contribution in [-0.2, 0) is 0 Å². The van der Waals surface area contributed by atoms with Gasteiger partial charge in [0, 0.05) is 5.56 Å². The van der Waals surface area contributed by atoms with Crippen LogP contribution in [0.1, 0.15) is 22.1 Å². The van der Waals surface area contributed by atoms with Crippen molar-refractivity contribution in [1.29, 1.82) is 0 Å². The van der Waals surface area contributed by atoms with Gasteiger partial charge in [-0.25, -0.2) is 0 Å². The number of carbonyl (C=O) groups is 1. The van der Waals surface area contributed by atoms with E-state index >= 15 is 0 Å². The average molecular weight is 294 g/mol. The Kier molecular flexibility index (Phi) is 3.09. The fourth-order valence-electron chi connectivity index (χ4n) is 1.94. The Bertz CT molecular complexity index is 658. The van der Waals surface area contributed by atoms with Gasteiger partial charge in [-0.1, -0.05) is 41.4 Å². The molecule has 1 N–H and O–H groups in total. The SMILES string of the molecule is O=C1N[C@H](c2ccc(Cl)c(Cl)c2)Oc2ccccc21. The Labute approximate surface area is 120 Å². The van der Waals surface area contributed by atoms with Crippen LogP contribution in [0.15, 0.2) is 42.5 Å². The molecule has 1 aliphatic heterocycles. The van der Waals surface area contributed by atoms with Crippen molar-refractivity contribution < 1.29 is 9.53 Å². The molecule has 0 fully saturated rings. The molecule has 5 heteroatoms. The molecule has 2 aromatic rings. The second kappa shape index (κ2) is 4.76. The Morgan fingerprint density at radius 2 is 1.84 bits per heavy atom. The first-order chi connectivity index (χ1) is 9.15. The molecule has 19 heavy (non-hydrogen) atoms. The van der Waals surface area contributed by atoms with E-state index in [-0.39, 0.29) is 5.91 Å². The molecule has 0 bridgehead atoms. The van der Waals surface area contributed by atoms with Crippen molar-refractivity contribution >= 4 is 29.1 Å². The van der Waals surface area contributed by atoms with Crippen molar-refractivity contribution in [2.75, 3.05) is 0 Å². The quantitative estimate of drug-likeness (QED) is 0.868. The first kappa shape index (κ1) is 12.3. The van der Waals surface area contributed by atoms with Crippen molar-refractivity contribution in [2.24, 2.45) is 0 Å². The number of carbonyl (C=O) groups excluding carboxylic acids is 1. The Morgan fingerprint density at radius 3 is 2.63 bits per heavy atom. The summed E-state index contributed by atoms with van der Waals surface area (Å²) in [5.41, 5.74) is 1.27. The highest BCUT2D eigenvalue weighted by Gasteiger charge is 2.26. The lowest BCUT2D eigenvalue weighted by atomic mass is 10.1. The first-order valence-corrected chi connectivity index (χ1v) is 6.42. The van der Waals surface area contributed by atoms with Gasteiger partial charge in [-0.2, -0.15) is 0 Å². The molecule has 96 valence electrons. The second-order valence-electron chi connectivity index (χ2n) is 4.14. The van der Waals surface area contributed by atoms with Crippen LogP contribution in [-0.4, -0.2) is 5.91 Å². The summed E-state index contributed by atoms with van der Waals surface area (Å²) in [6, 6.07) is 12.2. The third kappa shape index (κ3) is 2.27. The number of ether oxygens (including phenoxy) is 1. The van der Waals surface area contributed by atoms with Crippen LogP contribution in [0.5, 0.6) is 5.75 Å². The molecule has 2 aromatic carbocycles. The van der Waals surface area contributed by atoms with Gasteiger partial charge in [-0.15, -0.1) is 0 Å². The van der Waals surface area contributed by atoms with E-state index in [4.69, 9.17) is 27.9 Å². The number of benzene rings is 2. The number of nitrogens with one attached hydrogen (secondary N) is 1. The summed E-state index contributed by atoms with van der Waals surface area (Å²) in [4.78, 5) is 12.0. The molecule has 0 aliphatic carbocycles. The Morgan fingerprint density at radius 1 is 1.05 bits per heavy atom. The minimum Gasteiger partial charge on any atom is -0.466 e. The summed E-state index contributed by atoms with van der Waals surface area (Å²) in [5.74, 6) is 0.389. The summed E-state index contributed by atoms with van der Waals surface area (Å²) in [6.45, 7) is 0. The lowest BCUT2D eigenvalue weighted by Crippen LogP contribution is -2.36. The maximum atomic E-state index is 12.0. The van der Waals surface area contributed by atoms with E-state index in [1.54, 1.807) is 36.4 Å². The normalized spacial score (nSPS) is 17.4. The second-order valence-corrected chi connectivity index (χ2v) is 4.96. The highest BCUT2D eigenvalue weighted by atomic mass is 35.5. The third-order valence-electron chi connectivity index (χ3n) is 2.89. The van der Waals surface area contributed by atoms with E-state index in [2.05, 4.69) is 5.32 Å². The molecule has 1 amide bonds. The van der Waals surface area contributed by atoms with Crippen molar-refractivity contribution in [3.8, 4) is 5.75 Å². The Balaban J connectivity index is 1.96. The summed E-state index contributed by atoms with van der Waals surface area (Å²) in [6.07, 6.45) is -0.558. The molecule has 0 saturated carbocycles. The minimum absolute atomic E-state index is 0.169. The molecular formula is C14H9Cl2NO2. The number of hydrogen-bond donors (Lipinski definition) is 1. The molecule has 1 atom stereocenters. The molecule has 0 radical (unpaired) electrons. The zero-order valence-corrected chi connectivity index (χ0v) is 11.2. The minimum atomic E-state index is -0.558. The Hall–Kier alpha value is -1.71. The van der Waals surface area contributed by atoms with Gasteiger partial charge < -0.3 is 10.1 Å². The largest absolute Gasteiger partial charge is 0.466 e. The maximum absolute atomic E-state index is 12.0. The van der Waals surface area contributed by atoms with Crippen LogP contribution in [0, 0.1) is 0 Å². The van der Waals surface area contributed by atoms with E-state index in [0.29, 0.717) is 21.4 Å². The monoisotopic (exact) mass is 293 g/mol. The van der Waals surface area contributed by atoms with Crippen molar-refractivity contribution in [1.82, 2.24) is 5.32 Å². The maximum Gasteiger partial charge on any atom is 0.258 e. The van der Waals surface area contributed by atoms with Crippen LogP contribution in [0.25, 0.3) is 0 Å². The highest BCUT2D eigenvalue weighted by Crippen LogP contribution is 2.31. The van der Waals surface area contributed by atoms with Gasteiger partial charge >= 0.3 is 0 Å². The van der Waals surface area contributed by atoms with Gasteiger partial charge in [0.25, 0.3) is 5.91 Å². The van der Waals surface area contributed by atoms with Crippen LogP contribution in [0.3, 0.4) is 0 Å².